The van der Waals surface area contributed by atoms with Crippen LogP contribution < -0.4 is 5.32 Å². The summed E-state index contributed by atoms with van der Waals surface area (Å²) < 4.78 is 5.51. The quantitative estimate of drug-likeness (QED) is 0.799. The molecule has 22 heavy (non-hydrogen) atoms. The van der Waals surface area contributed by atoms with E-state index in [0.29, 0.717) is 17.3 Å². The molecule has 0 radical (unpaired) electrons. The largest absolute Gasteiger partial charge is 0.419 e. The molecule has 3 aromatic rings. The first-order chi connectivity index (χ1) is 10.7. The van der Waals surface area contributed by atoms with Crippen molar-refractivity contribution in [2.45, 2.75) is 13.5 Å². The van der Waals surface area contributed by atoms with Gasteiger partial charge in [-0.3, -0.25) is 9.78 Å². The summed E-state index contributed by atoms with van der Waals surface area (Å²) in [5.41, 5.74) is 2.29. The van der Waals surface area contributed by atoms with E-state index >= 15 is 0 Å². The Bertz CT molecular complexity index is 784. The molecular formula is C16H14N4O2. The van der Waals surface area contributed by atoms with Crippen LogP contribution in [0.4, 0.5) is 0 Å². The number of pyridine rings is 1. The average molecular weight is 294 g/mol. The van der Waals surface area contributed by atoms with Gasteiger partial charge in [0.05, 0.1) is 12.1 Å². The highest BCUT2D eigenvalue weighted by atomic mass is 16.4. The Labute approximate surface area is 127 Å². The number of benzene rings is 1. The molecule has 0 saturated heterocycles. The molecule has 0 atom stereocenters. The van der Waals surface area contributed by atoms with Crippen molar-refractivity contribution in [2.75, 3.05) is 0 Å². The predicted molar refractivity (Wildman–Crippen MR) is 79.9 cm³/mol. The van der Waals surface area contributed by atoms with Gasteiger partial charge >= 0.3 is 0 Å². The third kappa shape index (κ3) is 3.01. The number of aromatic nitrogens is 3. The summed E-state index contributed by atoms with van der Waals surface area (Å²) in [6.07, 6.45) is 3.31. The van der Waals surface area contributed by atoms with Crippen LogP contribution in [0.1, 0.15) is 21.8 Å². The van der Waals surface area contributed by atoms with Gasteiger partial charge in [0.25, 0.3) is 5.91 Å². The van der Waals surface area contributed by atoms with Crippen molar-refractivity contribution in [1.29, 1.82) is 0 Å². The highest BCUT2D eigenvalue weighted by Crippen LogP contribution is 2.15. The van der Waals surface area contributed by atoms with E-state index in [9.17, 15) is 4.79 Å². The minimum atomic E-state index is -0.167. The Morgan fingerprint density at radius 3 is 2.82 bits per heavy atom. The summed E-state index contributed by atoms with van der Waals surface area (Å²) in [7, 11) is 0. The number of carbonyl (C=O) groups is 1. The Kier molecular flexibility index (Phi) is 3.91. The van der Waals surface area contributed by atoms with E-state index in [1.54, 1.807) is 24.5 Å². The number of amides is 1. The van der Waals surface area contributed by atoms with E-state index < -0.39 is 0 Å². The van der Waals surface area contributed by atoms with Gasteiger partial charge in [-0.05, 0) is 30.7 Å². The van der Waals surface area contributed by atoms with Crippen molar-refractivity contribution < 1.29 is 9.21 Å². The van der Waals surface area contributed by atoms with Crippen molar-refractivity contribution in [2.24, 2.45) is 0 Å². The molecule has 1 aromatic carbocycles. The zero-order chi connectivity index (χ0) is 15.4. The smallest absolute Gasteiger partial charge is 0.251 e. The first-order valence-electron chi connectivity index (χ1n) is 6.80. The van der Waals surface area contributed by atoms with Gasteiger partial charge in [0.2, 0.25) is 11.8 Å². The first kappa shape index (κ1) is 13.9. The minimum absolute atomic E-state index is 0.167. The summed E-state index contributed by atoms with van der Waals surface area (Å²) in [5.74, 6) is 0.563. The van der Waals surface area contributed by atoms with E-state index in [0.717, 1.165) is 11.1 Å². The third-order valence-electron chi connectivity index (χ3n) is 3.17. The lowest BCUT2D eigenvalue weighted by atomic mass is 10.1. The highest BCUT2D eigenvalue weighted by Gasteiger charge is 2.11. The van der Waals surface area contributed by atoms with Crippen molar-refractivity contribution in [1.82, 2.24) is 20.5 Å². The Hall–Kier alpha value is -3.02. The summed E-state index contributed by atoms with van der Waals surface area (Å²) in [6.45, 7) is 2.07. The van der Waals surface area contributed by atoms with Gasteiger partial charge in [-0.1, -0.05) is 18.2 Å². The highest BCUT2D eigenvalue weighted by molar-refractivity contribution is 5.95. The monoisotopic (exact) mass is 294 g/mol. The van der Waals surface area contributed by atoms with Crippen LogP contribution in [0.25, 0.3) is 11.5 Å². The zero-order valence-corrected chi connectivity index (χ0v) is 12.0. The molecule has 6 nitrogen and oxygen atoms in total. The number of rotatable bonds is 4. The Balaban J connectivity index is 1.67. The molecule has 0 aliphatic carbocycles. The molecule has 0 fully saturated rings. The maximum Gasteiger partial charge on any atom is 0.251 e. The molecule has 0 saturated carbocycles. The van der Waals surface area contributed by atoms with Gasteiger partial charge < -0.3 is 9.73 Å². The van der Waals surface area contributed by atoms with Crippen LogP contribution in [0.5, 0.6) is 0 Å². The second kappa shape index (κ2) is 6.17. The lowest BCUT2D eigenvalue weighted by Gasteiger charge is -2.05. The molecule has 0 spiro atoms. The fourth-order valence-corrected chi connectivity index (χ4v) is 2.01. The molecule has 0 unspecified atom stereocenters. The maximum atomic E-state index is 12.1. The molecule has 2 aromatic heterocycles. The van der Waals surface area contributed by atoms with Crippen molar-refractivity contribution in [3.05, 3.63) is 65.8 Å². The molecule has 110 valence electrons. The van der Waals surface area contributed by atoms with Crippen molar-refractivity contribution in [3.63, 3.8) is 0 Å². The topological polar surface area (TPSA) is 80.9 Å². The van der Waals surface area contributed by atoms with Crippen LogP contribution in [0.2, 0.25) is 0 Å². The second-order valence-electron chi connectivity index (χ2n) is 4.74. The van der Waals surface area contributed by atoms with Crippen molar-refractivity contribution >= 4 is 5.91 Å². The normalized spacial score (nSPS) is 10.4. The van der Waals surface area contributed by atoms with E-state index in [2.05, 4.69) is 20.5 Å². The minimum Gasteiger partial charge on any atom is -0.419 e. The fourth-order valence-electron chi connectivity index (χ4n) is 2.01. The molecule has 0 aliphatic rings. The average Bonchev–Trinajstić information content (AvgIpc) is 3.03. The Morgan fingerprint density at radius 2 is 2.05 bits per heavy atom. The molecule has 1 amide bonds. The van der Waals surface area contributed by atoms with Gasteiger partial charge in [-0.25, -0.2) is 0 Å². The first-order valence-corrected chi connectivity index (χ1v) is 6.80. The standard InChI is InChI=1S/C16H14N4O2/c1-11-5-2-3-7-13(11)15(21)18-10-14-19-20-16(22-14)12-6-4-8-17-9-12/h2-9H,10H2,1H3,(H,18,21). The molecule has 0 bridgehead atoms. The number of hydrogen-bond donors (Lipinski definition) is 1. The van der Waals surface area contributed by atoms with E-state index in [1.807, 2.05) is 31.2 Å². The second-order valence-corrected chi connectivity index (χ2v) is 4.74. The maximum absolute atomic E-state index is 12.1. The number of hydrogen-bond acceptors (Lipinski definition) is 5. The van der Waals surface area contributed by atoms with Gasteiger partial charge in [0, 0.05) is 18.0 Å². The molecule has 1 N–H and O–H groups in total. The van der Waals surface area contributed by atoms with E-state index in [4.69, 9.17) is 4.42 Å². The fraction of sp³-hybridized carbons (Fsp3) is 0.125. The summed E-state index contributed by atoms with van der Waals surface area (Å²) in [6, 6.07) is 11.0. The number of nitrogens with one attached hydrogen (secondary N) is 1. The lowest BCUT2D eigenvalue weighted by Crippen LogP contribution is -2.23. The van der Waals surface area contributed by atoms with Crippen LogP contribution in [0.3, 0.4) is 0 Å². The molecule has 0 aliphatic heterocycles. The van der Waals surface area contributed by atoms with Crippen molar-refractivity contribution in [3.8, 4) is 11.5 Å². The van der Waals surface area contributed by atoms with Gasteiger partial charge in [-0.2, -0.15) is 0 Å². The summed E-state index contributed by atoms with van der Waals surface area (Å²) >= 11 is 0. The van der Waals surface area contributed by atoms with Crippen LogP contribution in [0.15, 0.2) is 53.2 Å². The van der Waals surface area contributed by atoms with Crippen LogP contribution >= 0.6 is 0 Å². The number of aryl methyl sites for hydroxylation is 1. The van der Waals surface area contributed by atoms with Gasteiger partial charge in [0.15, 0.2) is 0 Å². The third-order valence-corrected chi connectivity index (χ3v) is 3.17. The molecular weight excluding hydrogens is 280 g/mol. The lowest BCUT2D eigenvalue weighted by molar-refractivity contribution is 0.0946. The van der Waals surface area contributed by atoms with Gasteiger partial charge in [0.1, 0.15) is 0 Å². The predicted octanol–water partition coefficient (Wildman–Crippen LogP) is 2.37. The van der Waals surface area contributed by atoms with Crippen LogP contribution in [-0.4, -0.2) is 21.1 Å². The summed E-state index contributed by atoms with van der Waals surface area (Å²) in [4.78, 5) is 16.1. The molecule has 2 heterocycles. The summed E-state index contributed by atoms with van der Waals surface area (Å²) in [5, 5.41) is 10.6. The van der Waals surface area contributed by atoms with Crippen LogP contribution in [-0.2, 0) is 6.54 Å². The number of nitrogens with zero attached hydrogens (tertiary/aromatic N) is 3. The Morgan fingerprint density at radius 1 is 1.18 bits per heavy atom. The van der Waals surface area contributed by atoms with E-state index in [1.165, 1.54) is 0 Å². The zero-order valence-electron chi connectivity index (χ0n) is 12.0. The molecule has 3 rings (SSSR count). The van der Waals surface area contributed by atoms with Crippen LogP contribution in [0, 0.1) is 6.92 Å². The molecule has 6 heteroatoms. The number of carbonyl (C=O) groups excluding carboxylic acids is 1. The SMILES string of the molecule is Cc1ccccc1C(=O)NCc1nnc(-c2cccnc2)o1. The van der Waals surface area contributed by atoms with Gasteiger partial charge in [-0.15, -0.1) is 10.2 Å². The van der Waals surface area contributed by atoms with E-state index in [-0.39, 0.29) is 12.5 Å².